The number of aryl methyl sites for hydroxylation is 2. The van der Waals surface area contributed by atoms with E-state index in [9.17, 15) is 0 Å². The average molecular weight is 202 g/mol. The number of aromatic nitrogens is 2. The van der Waals surface area contributed by atoms with Crippen molar-refractivity contribution < 1.29 is 0 Å². The van der Waals surface area contributed by atoms with E-state index < -0.39 is 0 Å². The van der Waals surface area contributed by atoms with E-state index in [1.165, 1.54) is 24.2 Å². The lowest BCUT2D eigenvalue weighted by Crippen LogP contribution is -2.09. The summed E-state index contributed by atoms with van der Waals surface area (Å²) in [6.07, 6.45) is 3.74. The second-order valence-corrected chi connectivity index (χ2v) is 3.63. The van der Waals surface area contributed by atoms with E-state index in [1.807, 2.05) is 13.8 Å². The molecule has 2 aromatic rings. The molecule has 0 unspecified atom stereocenters. The zero-order chi connectivity index (χ0) is 10.7. The van der Waals surface area contributed by atoms with Crippen LogP contribution < -0.4 is 0 Å². The highest BCUT2D eigenvalue weighted by Crippen LogP contribution is 2.21. The van der Waals surface area contributed by atoms with Crippen LogP contribution in [-0.2, 0) is 13.0 Å². The van der Waals surface area contributed by atoms with Crippen molar-refractivity contribution in [2.24, 2.45) is 0 Å². The molecule has 0 spiro atoms. The summed E-state index contributed by atoms with van der Waals surface area (Å²) in [5, 5.41) is 0. The first-order valence-corrected chi connectivity index (χ1v) is 5.89. The van der Waals surface area contributed by atoms with Gasteiger partial charge in [0.2, 0.25) is 0 Å². The van der Waals surface area contributed by atoms with Gasteiger partial charge in [0, 0.05) is 13.0 Å². The van der Waals surface area contributed by atoms with E-state index in [0.29, 0.717) is 0 Å². The Morgan fingerprint density at radius 2 is 1.93 bits per heavy atom. The lowest BCUT2D eigenvalue weighted by Gasteiger charge is -2.13. The fourth-order valence-electron chi connectivity index (χ4n) is 2.12. The molecule has 0 aliphatic carbocycles. The Kier molecular flexibility index (Phi) is 3.05. The normalized spacial score (nSPS) is 14.3. The van der Waals surface area contributed by atoms with Gasteiger partial charge in [0.25, 0.3) is 0 Å². The minimum absolute atomic E-state index is 1.15. The van der Waals surface area contributed by atoms with Gasteiger partial charge in [-0.25, -0.2) is 4.98 Å². The summed E-state index contributed by atoms with van der Waals surface area (Å²) in [4.78, 5) is 4.62. The largest absolute Gasteiger partial charge is 0.328 e. The van der Waals surface area contributed by atoms with Crippen LogP contribution in [0.15, 0.2) is 24.3 Å². The zero-order valence-corrected chi connectivity index (χ0v) is 9.53. The maximum absolute atomic E-state index is 4.62. The van der Waals surface area contributed by atoms with Gasteiger partial charge in [0.15, 0.2) is 0 Å². The fourth-order valence-corrected chi connectivity index (χ4v) is 2.12. The second kappa shape index (κ2) is 4.47. The number of imidazole rings is 1. The summed E-state index contributed by atoms with van der Waals surface area (Å²) >= 11 is 0. The predicted octanol–water partition coefficient (Wildman–Crippen LogP) is 3.40. The second-order valence-electron chi connectivity index (χ2n) is 3.63. The summed E-state index contributed by atoms with van der Waals surface area (Å²) < 4.78 is 2.36. The van der Waals surface area contributed by atoms with Crippen LogP contribution in [0.5, 0.6) is 0 Å². The molecular formula is C13H18N2. The van der Waals surface area contributed by atoms with Crippen LogP contribution in [0.2, 0.25) is 0 Å². The fraction of sp³-hybridized carbons (Fsp3) is 0.462. The van der Waals surface area contributed by atoms with Gasteiger partial charge in [-0.1, -0.05) is 26.0 Å². The van der Waals surface area contributed by atoms with Crippen molar-refractivity contribution in [1.29, 1.82) is 0 Å². The third kappa shape index (κ3) is 1.76. The molecule has 3 rings (SSSR count). The van der Waals surface area contributed by atoms with Crippen molar-refractivity contribution in [2.75, 3.05) is 0 Å². The number of hydrogen-bond acceptors (Lipinski definition) is 1. The molecule has 0 radical (unpaired) electrons. The number of benzene rings is 1. The van der Waals surface area contributed by atoms with E-state index in [-0.39, 0.29) is 0 Å². The molecule has 1 aromatic heterocycles. The van der Waals surface area contributed by atoms with E-state index in [4.69, 9.17) is 0 Å². The Balaban J connectivity index is 0.000000404. The summed E-state index contributed by atoms with van der Waals surface area (Å²) in [6, 6.07) is 8.41. The molecule has 2 heteroatoms. The van der Waals surface area contributed by atoms with Crippen LogP contribution in [-0.4, -0.2) is 9.55 Å². The van der Waals surface area contributed by atoms with Crippen LogP contribution >= 0.6 is 0 Å². The first-order valence-electron chi connectivity index (χ1n) is 5.89. The van der Waals surface area contributed by atoms with Crippen molar-refractivity contribution in [3.8, 4) is 0 Å². The molecule has 2 nitrogen and oxygen atoms in total. The van der Waals surface area contributed by atoms with Crippen LogP contribution in [0, 0.1) is 0 Å². The first kappa shape index (κ1) is 10.2. The maximum Gasteiger partial charge on any atom is 0.109 e. The lowest BCUT2D eigenvalue weighted by atomic mass is 10.2. The third-order valence-corrected chi connectivity index (χ3v) is 2.77. The first-order chi connectivity index (χ1) is 7.45. The number of para-hydroxylation sites is 2. The van der Waals surface area contributed by atoms with Crippen molar-refractivity contribution in [3.63, 3.8) is 0 Å². The number of rotatable bonds is 0. The molecule has 0 saturated carbocycles. The summed E-state index contributed by atoms with van der Waals surface area (Å²) in [5.41, 5.74) is 2.46. The summed E-state index contributed by atoms with van der Waals surface area (Å²) in [6.45, 7) is 5.15. The molecule has 1 aromatic carbocycles. The number of hydrogen-bond donors (Lipinski definition) is 0. The summed E-state index contributed by atoms with van der Waals surface area (Å²) in [5.74, 6) is 1.27. The Bertz CT molecular complexity index is 443. The smallest absolute Gasteiger partial charge is 0.109 e. The maximum atomic E-state index is 4.62. The molecular weight excluding hydrogens is 184 g/mol. The highest BCUT2D eigenvalue weighted by molar-refractivity contribution is 5.75. The standard InChI is InChI=1S/C11H12N2.C2H6/c1-2-6-10-9(5-1)12-11-7-3-4-8-13(10)11;1-2/h1-2,5-6H,3-4,7-8H2;1-2H3. The van der Waals surface area contributed by atoms with Crippen molar-refractivity contribution in [2.45, 2.75) is 39.7 Å². The zero-order valence-electron chi connectivity index (χ0n) is 9.53. The molecule has 0 saturated heterocycles. The quantitative estimate of drug-likeness (QED) is 0.640. The van der Waals surface area contributed by atoms with Crippen molar-refractivity contribution in [1.82, 2.24) is 9.55 Å². The van der Waals surface area contributed by atoms with Gasteiger partial charge in [-0.05, 0) is 25.0 Å². The van der Waals surface area contributed by atoms with Crippen LogP contribution in [0.3, 0.4) is 0 Å². The van der Waals surface area contributed by atoms with E-state index in [0.717, 1.165) is 18.5 Å². The Morgan fingerprint density at radius 3 is 2.80 bits per heavy atom. The highest BCUT2D eigenvalue weighted by Gasteiger charge is 2.12. The van der Waals surface area contributed by atoms with Gasteiger partial charge in [0.1, 0.15) is 5.82 Å². The molecule has 2 heterocycles. The van der Waals surface area contributed by atoms with E-state index in [2.05, 4.69) is 33.8 Å². The van der Waals surface area contributed by atoms with Crippen LogP contribution in [0.1, 0.15) is 32.5 Å². The van der Waals surface area contributed by atoms with Gasteiger partial charge in [-0.15, -0.1) is 0 Å². The van der Waals surface area contributed by atoms with E-state index >= 15 is 0 Å². The number of fused-ring (bicyclic) bond motifs is 3. The molecule has 0 atom stereocenters. The molecule has 80 valence electrons. The SMILES string of the molecule is CC.c1ccc2c(c1)nc1n2CCCC1. The Hall–Kier alpha value is -1.31. The molecule has 0 bridgehead atoms. The highest BCUT2D eigenvalue weighted by atomic mass is 15.1. The third-order valence-electron chi connectivity index (χ3n) is 2.77. The van der Waals surface area contributed by atoms with Gasteiger partial charge in [0.05, 0.1) is 11.0 Å². The molecule has 1 aliphatic heterocycles. The summed E-state index contributed by atoms with van der Waals surface area (Å²) in [7, 11) is 0. The van der Waals surface area contributed by atoms with Crippen molar-refractivity contribution >= 4 is 11.0 Å². The average Bonchev–Trinajstić information content (AvgIpc) is 2.70. The Labute approximate surface area is 90.9 Å². The molecule has 0 fully saturated rings. The molecule has 1 aliphatic rings. The van der Waals surface area contributed by atoms with Gasteiger partial charge in [-0.2, -0.15) is 0 Å². The monoisotopic (exact) mass is 202 g/mol. The topological polar surface area (TPSA) is 17.8 Å². The molecule has 0 N–H and O–H groups in total. The minimum Gasteiger partial charge on any atom is -0.328 e. The van der Waals surface area contributed by atoms with Gasteiger partial charge in [-0.3, -0.25) is 0 Å². The van der Waals surface area contributed by atoms with Gasteiger partial charge < -0.3 is 4.57 Å². The van der Waals surface area contributed by atoms with Gasteiger partial charge >= 0.3 is 0 Å². The van der Waals surface area contributed by atoms with Crippen LogP contribution in [0.25, 0.3) is 11.0 Å². The minimum atomic E-state index is 1.15. The van der Waals surface area contributed by atoms with E-state index in [1.54, 1.807) is 0 Å². The van der Waals surface area contributed by atoms with Crippen molar-refractivity contribution in [3.05, 3.63) is 30.1 Å². The molecule has 15 heavy (non-hydrogen) atoms. The lowest BCUT2D eigenvalue weighted by molar-refractivity contribution is 0.533. The number of nitrogens with zero attached hydrogens (tertiary/aromatic N) is 2. The predicted molar refractivity (Wildman–Crippen MR) is 64.0 cm³/mol. The Morgan fingerprint density at radius 1 is 1.13 bits per heavy atom. The van der Waals surface area contributed by atoms with Crippen LogP contribution in [0.4, 0.5) is 0 Å². The molecule has 0 amide bonds.